The Morgan fingerprint density at radius 1 is 1.17 bits per heavy atom. The highest BCUT2D eigenvalue weighted by Gasteiger charge is 2.38. The zero-order valence-electron chi connectivity index (χ0n) is 15.2. The molecule has 0 unspecified atom stereocenters. The fourth-order valence-electron chi connectivity index (χ4n) is 2.94. The van der Waals surface area contributed by atoms with Gasteiger partial charge in [-0.3, -0.25) is 9.59 Å². The zero-order chi connectivity index (χ0) is 22.1. The van der Waals surface area contributed by atoms with Crippen LogP contribution in [-0.4, -0.2) is 38.0 Å². The van der Waals surface area contributed by atoms with Crippen LogP contribution in [0, 0.1) is 5.82 Å². The normalized spacial score (nSPS) is 11.6. The standard InChI is InChI=1S/C19H14ClF4N3O3/c20-12-7-11(5-6-13(12)21)8-26(10-17(29)30)16(28)9-27-15-4-2-1-3-14(15)25-18(27)19(22,23)24/h1-7H,8-10H2,(H,29,30). The summed E-state index contributed by atoms with van der Waals surface area (Å²) in [7, 11) is 0. The van der Waals surface area contributed by atoms with Gasteiger partial charge in [-0.1, -0.05) is 29.8 Å². The van der Waals surface area contributed by atoms with E-state index in [0.717, 1.165) is 11.0 Å². The fourth-order valence-corrected chi connectivity index (χ4v) is 3.14. The van der Waals surface area contributed by atoms with Gasteiger partial charge in [0.05, 0.1) is 16.1 Å². The predicted octanol–water partition coefficient (Wildman–Crippen LogP) is 3.96. The molecule has 1 N–H and O–H groups in total. The molecule has 3 aromatic rings. The maximum Gasteiger partial charge on any atom is 0.449 e. The lowest BCUT2D eigenvalue weighted by Gasteiger charge is -2.22. The molecular weight excluding hydrogens is 430 g/mol. The summed E-state index contributed by atoms with van der Waals surface area (Å²) in [6, 6.07) is 9.33. The third-order valence-corrected chi connectivity index (χ3v) is 4.53. The molecule has 0 radical (unpaired) electrons. The van der Waals surface area contributed by atoms with E-state index in [1.54, 1.807) is 0 Å². The van der Waals surface area contributed by atoms with Crippen LogP contribution < -0.4 is 0 Å². The van der Waals surface area contributed by atoms with Gasteiger partial charge in [-0.15, -0.1) is 0 Å². The lowest BCUT2D eigenvalue weighted by atomic mass is 10.2. The summed E-state index contributed by atoms with van der Waals surface area (Å²) in [5.41, 5.74) is 0.452. The van der Waals surface area contributed by atoms with E-state index in [-0.39, 0.29) is 22.6 Å². The van der Waals surface area contributed by atoms with Gasteiger partial charge in [0.25, 0.3) is 0 Å². The maximum absolute atomic E-state index is 13.4. The highest BCUT2D eigenvalue weighted by atomic mass is 35.5. The molecule has 11 heteroatoms. The highest BCUT2D eigenvalue weighted by molar-refractivity contribution is 6.30. The second-order valence-corrected chi connectivity index (χ2v) is 6.81. The molecule has 0 saturated heterocycles. The first-order valence-corrected chi connectivity index (χ1v) is 8.90. The Bertz CT molecular complexity index is 1110. The Morgan fingerprint density at radius 2 is 1.87 bits per heavy atom. The smallest absolute Gasteiger partial charge is 0.449 e. The minimum atomic E-state index is -4.82. The molecule has 0 saturated carbocycles. The summed E-state index contributed by atoms with van der Waals surface area (Å²) >= 11 is 5.70. The van der Waals surface area contributed by atoms with Crippen molar-refractivity contribution in [3.63, 3.8) is 0 Å². The minimum absolute atomic E-state index is 0.0488. The van der Waals surface area contributed by atoms with Crippen LogP contribution in [0.15, 0.2) is 42.5 Å². The van der Waals surface area contributed by atoms with Crippen LogP contribution in [0.5, 0.6) is 0 Å². The molecule has 0 fully saturated rings. The van der Waals surface area contributed by atoms with Crippen molar-refractivity contribution >= 4 is 34.5 Å². The van der Waals surface area contributed by atoms with Crippen LogP contribution >= 0.6 is 11.6 Å². The average Bonchev–Trinajstić information content (AvgIpc) is 3.03. The van der Waals surface area contributed by atoms with Gasteiger partial charge in [-0.25, -0.2) is 9.37 Å². The number of carbonyl (C=O) groups excluding carboxylic acids is 1. The number of rotatable bonds is 6. The number of benzene rings is 2. The van der Waals surface area contributed by atoms with Gasteiger partial charge < -0.3 is 14.6 Å². The first-order chi connectivity index (χ1) is 14.1. The summed E-state index contributed by atoms with van der Waals surface area (Å²) in [5.74, 6) is -4.21. The van der Waals surface area contributed by atoms with Gasteiger partial charge in [0.2, 0.25) is 11.7 Å². The number of alkyl halides is 3. The second kappa shape index (κ2) is 8.31. The average molecular weight is 444 g/mol. The number of carboxylic acid groups (broad SMARTS) is 1. The van der Waals surface area contributed by atoms with Crippen LogP contribution in [0.3, 0.4) is 0 Å². The number of nitrogens with zero attached hydrogens (tertiary/aromatic N) is 3. The van der Waals surface area contributed by atoms with Gasteiger partial charge in [0.15, 0.2) is 0 Å². The molecule has 0 bridgehead atoms. The van der Waals surface area contributed by atoms with Gasteiger partial charge in [-0.2, -0.15) is 13.2 Å². The van der Waals surface area contributed by atoms with E-state index in [2.05, 4.69) is 4.98 Å². The second-order valence-electron chi connectivity index (χ2n) is 6.40. The SMILES string of the molecule is O=C(O)CN(Cc1ccc(F)c(Cl)c1)C(=O)Cn1c(C(F)(F)F)nc2ccccc21. The van der Waals surface area contributed by atoms with Crippen molar-refractivity contribution in [1.82, 2.24) is 14.5 Å². The van der Waals surface area contributed by atoms with E-state index in [0.29, 0.717) is 10.1 Å². The van der Waals surface area contributed by atoms with E-state index in [9.17, 15) is 27.2 Å². The summed E-state index contributed by atoms with van der Waals surface area (Å²) in [6.45, 7) is -1.82. The van der Waals surface area contributed by atoms with Gasteiger partial charge in [0.1, 0.15) is 18.9 Å². The molecule has 0 spiro atoms. The van der Waals surface area contributed by atoms with Crippen molar-refractivity contribution < 1.29 is 32.3 Å². The third kappa shape index (κ3) is 4.70. The first kappa shape index (κ1) is 21.6. The van der Waals surface area contributed by atoms with Gasteiger partial charge >= 0.3 is 12.1 Å². The monoisotopic (exact) mass is 443 g/mol. The largest absolute Gasteiger partial charge is 0.480 e. The summed E-state index contributed by atoms with van der Waals surface area (Å²) in [6.07, 6.45) is -4.82. The number of fused-ring (bicyclic) bond motifs is 1. The predicted molar refractivity (Wildman–Crippen MR) is 99.2 cm³/mol. The van der Waals surface area contributed by atoms with Crippen molar-refractivity contribution in [2.24, 2.45) is 0 Å². The number of aliphatic carboxylic acids is 1. The zero-order valence-corrected chi connectivity index (χ0v) is 15.9. The minimum Gasteiger partial charge on any atom is -0.480 e. The summed E-state index contributed by atoms with van der Waals surface area (Å²) < 4.78 is 54.3. The number of carboxylic acids is 1. The molecule has 1 amide bonds. The number of para-hydroxylation sites is 2. The molecule has 1 heterocycles. The number of hydrogen-bond acceptors (Lipinski definition) is 3. The third-order valence-electron chi connectivity index (χ3n) is 4.24. The van der Waals surface area contributed by atoms with Crippen molar-refractivity contribution in [3.05, 3.63) is 64.7 Å². The Balaban J connectivity index is 1.94. The molecule has 0 aliphatic carbocycles. The van der Waals surface area contributed by atoms with Crippen LogP contribution in [0.1, 0.15) is 11.4 Å². The van der Waals surface area contributed by atoms with Crippen LogP contribution in [0.4, 0.5) is 17.6 Å². The highest BCUT2D eigenvalue weighted by Crippen LogP contribution is 2.31. The molecule has 0 aliphatic heterocycles. The number of carbonyl (C=O) groups is 2. The van der Waals surface area contributed by atoms with E-state index in [1.807, 2.05) is 0 Å². The van der Waals surface area contributed by atoms with Gasteiger partial charge in [-0.05, 0) is 29.8 Å². The van der Waals surface area contributed by atoms with Crippen LogP contribution in [0.25, 0.3) is 11.0 Å². The molecule has 0 aliphatic rings. The van der Waals surface area contributed by atoms with Crippen LogP contribution in [-0.2, 0) is 28.9 Å². The fraction of sp³-hybridized carbons (Fsp3) is 0.211. The van der Waals surface area contributed by atoms with E-state index >= 15 is 0 Å². The van der Waals surface area contributed by atoms with E-state index in [1.165, 1.54) is 36.4 Å². The Labute approximate surface area is 172 Å². The van der Waals surface area contributed by atoms with E-state index < -0.39 is 42.8 Å². The van der Waals surface area contributed by atoms with Crippen molar-refractivity contribution in [2.75, 3.05) is 6.54 Å². The van der Waals surface area contributed by atoms with Crippen LogP contribution in [0.2, 0.25) is 5.02 Å². The molecule has 1 aromatic heterocycles. The molecule has 0 atom stereocenters. The molecule has 6 nitrogen and oxygen atoms in total. The Kier molecular flexibility index (Phi) is 5.97. The number of hydrogen-bond donors (Lipinski definition) is 1. The topological polar surface area (TPSA) is 75.4 Å². The molecule has 158 valence electrons. The molecule has 2 aromatic carbocycles. The van der Waals surface area contributed by atoms with Crippen molar-refractivity contribution in [3.8, 4) is 0 Å². The van der Waals surface area contributed by atoms with E-state index in [4.69, 9.17) is 16.7 Å². The Hall–Kier alpha value is -3.14. The number of halogens is 5. The Morgan fingerprint density at radius 3 is 2.50 bits per heavy atom. The molecular formula is C19H14ClF4N3O3. The number of amides is 1. The summed E-state index contributed by atoms with van der Waals surface area (Å²) in [4.78, 5) is 28.4. The quantitative estimate of drug-likeness (QED) is 0.585. The summed E-state index contributed by atoms with van der Waals surface area (Å²) in [5, 5.41) is 8.89. The lowest BCUT2D eigenvalue weighted by Crippen LogP contribution is -2.38. The maximum atomic E-state index is 13.4. The van der Waals surface area contributed by atoms with Gasteiger partial charge in [0, 0.05) is 6.54 Å². The number of imidazole rings is 1. The molecule has 3 rings (SSSR count). The van der Waals surface area contributed by atoms with Crippen molar-refractivity contribution in [2.45, 2.75) is 19.3 Å². The molecule has 30 heavy (non-hydrogen) atoms. The lowest BCUT2D eigenvalue weighted by molar-refractivity contribution is -0.150. The van der Waals surface area contributed by atoms with Crippen molar-refractivity contribution in [1.29, 1.82) is 0 Å². The first-order valence-electron chi connectivity index (χ1n) is 8.52. The number of aromatic nitrogens is 2.